The van der Waals surface area contributed by atoms with Gasteiger partial charge in [-0.25, -0.2) is 10.7 Å². The van der Waals surface area contributed by atoms with E-state index in [1.54, 1.807) is 84.7 Å². The number of benzene rings is 2. The molecule has 1 amide bonds. The summed E-state index contributed by atoms with van der Waals surface area (Å²) in [7, 11) is 0. The Morgan fingerprint density at radius 1 is 0.885 bits per heavy atom. The van der Waals surface area contributed by atoms with Crippen molar-refractivity contribution in [2.75, 3.05) is 32.8 Å². The fourth-order valence-corrected chi connectivity index (χ4v) is 5.97. The molecule has 4 rings (SSSR count). The Morgan fingerprint density at radius 2 is 1.52 bits per heavy atom. The molecule has 0 unspecified atom stereocenters. The molecule has 2 aliphatic rings. The van der Waals surface area contributed by atoms with Crippen molar-refractivity contribution in [3.8, 4) is 18.2 Å². The van der Waals surface area contributed by atoms with E-state index in [0.29, 0.717) is 50.1 Å². The Hall–Kier alpha value is -7.41. The number of hydrogen-bond acceptors (Lipinski definition) is 6. The van der Waals surface area contributed by atoms with Crippen LogP contribution in [0.5, 0.6) is 0 Å². The summed E-state index contributed by atoms with van der Waals surface area (Å²) in [6.07, 6.45) is 11.5. The second-order valence-electron chi connectivity index (χ2n) is 11.3. The number of allylic oxidation sites excluding steroid dienone is 13. The molecule has 1 saturated heterocycles. The molecule has 0 N–H and O–H groups in total. The van der Waals surface area contributed by atoms with Crippen molar-refractivity contribution in [1.29, 1.82) is 15.8 Å². The first-order valence-corrected chi connectivity index (χ1v) is 16.4. The van der Waals surface area contributed by atoms with Gasteiger partial charge in [0.2, 0.25) is 0 Å². The standard InChI is InChI=1S/C42H33N8O2/c1-4-52-42(51)50-25-23-49(24-26-50)40-33(17-11-19-35(27-43)38(37(29-45)30-46)31-13-7-5-8-14-31)21-22-34(40)18-12-20-36(28-44)39(41(47-2)48-3)32-15-9-6-10-16-32/h5-20H,4,21-26H2,1H3/q-1/b18-12+,19-11+,33-17+,36-20+,38-35-. The third kappa shape index (κ3) is 8.98. The van der Waals surface area contributed by atoms with Crippen LogP contribution < -0.4 is 0 Å². The van der Waals surface area contributed by atoms with Crippen LogP contribution >= 0.6 is 0 Å². The lowest BCUT2D eigenvalue weighted by atomic mass is 9.94. The first-order chi connectivity index (χ1) is 25.4. The molecule has 0 radical (unpaired) electrons. The molecule has 254 valence electrons. The first kappa shape index (κ1) is 37.4. The van der Waals surface area contributed by atoms with E-state index in [4.69, 9.17) is 17.9 Å². The molecule has 0 bridgehead atoms. The van der Waals surface area contributed by atoms with Crippen LogP contribution in [0.2, 0.25) is 0 Å². The number of amides is 1. The second kappa shape index (κ2) is 19.0. The van der Waals surface area contributed by atoms with Crippen LogP contribution in [0.25, 0.3) is 26.2 Å². The number of carbonyl (C=O) groups excluding carboxylic acids is 1. The van der Waals surface area contributed by atoms with Gasteiger partial charge in [-0.3, -0.25) is 0 Å². The van der Waals surface area contributed by atoms with Gasteiger partial charge in [-0.05, 0) is 54.2 Å². The minimum absolute atomic E-state index is 0.164. The Kier molecular flexibility index (Phi) is 13.6. The third-order valence-electron chi connectivity index (χ3n) is 8.33. The summed E-state index contributed by atoms with van der Waals surface area (Å²) in [5.74, 6) is 1.72. The maximum Gasteiger partial charge on any atom is 0.528 e. The van der Waals surface area contributed by atoms with E-state index in [0.717, 1.165) is 16.8 Å². The number of carbonyl (C=O) groups is 1. The average Bonchev–Trinajstić information content (AvgIpc) is 3.59. The van der Waals surface area contributed by atoms with Crippen LogP contribution in [0.3, 0.4) is 0 Å². The first-order valence-electron chi connectivity index (χ1n) is 16.4. The van der Waals surface area contributed by atoms with Crippen molar-refractivity contribution in [2.45, 2.75) is 19.8 Å². The maximum atomic E-state index is 12.4. The van der Waals surface area contributed by atoms with Crippen LogP contribution in [0.1, 0.15) is 30.9 Å². The smallest absolute Gasteiger partial charge is 0.528 e. The summed E-state index contributed by atoms with van der Waals surface area (Å²) < 4.78 is 5.20. The summed E-state index contributed by atoms with van der Waals surface area (Å²) >= 11 is 0. The minimum Gasteiger partial charge on any atom is -0.762 e. The van der Waals surface area contributed by atoms with Crippen molar-refractivity contribution in [1.82, 2.24) is 9.80 Å². The Balaban J connectivity index is 1.77. The highest BCUT2D eigenvalue weighted by atomic mass is 16.6. The molecule has 10 heteroatoms. The molecule has 0 aromatic heterocycles. The van der Waals surface area contributed by atoms with E-state index in [1.165, 1.54) is 0 Å². The van der Waals surface area contributed by atoms with Gasteiger partial charge < -0.3 is 19.9 Å². The molecule has 2 aromatic carbocycles. The highest BCUT2D eigenvalue weighted by Gasteiger charge is 2.28. The van der Waals surface area contributed by atoms with Crippen LogP contribution in [0, 0.1) is 47.1 Å². The molecule has 1 aliphatic carbocycles. The van der Waals surface area contributed by atoms with E-state index in [1.807, 2.05) is 36.2 Å². The van der Waals surface area contributed by atoms with Gasteiger partial charge in [-0.15, -0.1) is 0 Å². The molecule has 10 nitrogen and oxygen atoms in total. The average molecular weight is 682 g/mol. The molecule has 0 saturated carbocycles. The van der Waals surface area contributed by atoms with Gasteiger partial charge in [0, 0.05) is 37.4 Å². The van der Waals surface area contributed by atoms with E-state index in [9.17, 15) is 26.0 Å². The second-order valence-corrected chi connectivity index (χ2v) is 11.3. The molecule has 1 fully saturated rings. The predicted molar refractivity (Wildman–Crippen MR) is 200 cm³/mol. The number of rotatable bonds is 10. The molecular weight excluding hydrogens is 649 g/mol. The van der Waals surface area contributed by atoms with Gasteiger partial charge in [0.25, 0.3) is 0 Å². The maximum absolute atomic E-state index is 12.4. The zero-order valence-electron chi connectivity index (χ0n) is 28.6. The van der Waals surface area contributed by atoms with Crippen LogP contribution in [-0.4, -0.2) is 54.5 Å². The van der Waals surface area contributed by atoms with E-state index >= 15 is 0 Å². The normalized spacial score (nSPS) is 15.5. The van der Waals surface area contributed by atoms with Crippen LogP contribution in [0.15, 0.2) is 137 Å². The summed E-state index contributed by atoms with van der Waals surface area (Å²) in [5, 5.41) is 39.5. The Morgan fingerprint density at radius 3 is 2.06 bits per heavy atom. The molecular formula is C42H33N8O2-. The topological polar surface area (TPSA) is 135 Å². The number of ether oxygens (including phenoxy) is 1. The summed E-state index contributed by atoms with van der Waals surface area (Å²) in [6.45, 7) is 19.2. The highest BCUT2D eigenvalue weighted by Crippen LogP contribution is 2.36. The lowest BCUT2D eigenvalue weighted by molar-refractivity contribution is 0.0873. The number of hydrogen-bond donors (Lipinski definition) is 0. The fourth-order valence-electron chi connectivity index (χ4n) is 5.97. The van der Waals surface area contributed by atoms with E-state index < -0.39 is 0 Å². The van der Waals surface area contributed by atoms with Gasteiger partial charge in [-0.1, -0.05) is 85.0 Å². The molecule has 52 heavy (non-hydrogen) atoms. The number of nitriles is 3. The van der Waals surface area contributed by atoms with Crippen molar-refractivity contribution in [3.05, 3.63) is 176 Å². The summed E-state index contributed by atoms with van der Waals surface area (Å²) in [4.78, 5) is 23.1. The van der Waals surface area contributed by atoms with Crippen molar-refractivity contribution in [2.24, 2.45) is 0 Å². The zero-order chi connectivity index (χ0) is 37.3. The Bertz CT molecular complexity index is 2150. The van der Waals surface area contributed by atoms with Gasteiger partial charge in [0.1, 0.15) is 19.2 Å². The van der Waals surface area contributed by atoms with Gasteiger partial charge in [0.15, 0.2) is 0 Å². The lowest BCUT2D eigenvalue weighted by Crippen LogP contribution is -2.48. The SMILES string of the molecule is [C-]#[N+]C([N+]#[C-])=C(/C(C#N)=C/C=C/C1=C(N2CCN(C(=O)OCC)CC2)C(=C/C=C/C(C#N)=C(/C(=C=[N-])C#N)c2ccccc2)/CC1)c1ccccc1. The molecule has 1 heterocycles. The minimum atomic E-state index is -0.355. The van der Waals surface area contributed by atoms with Crippen molar-refractivity contribution >= 4 is 23.1 Å². The van der Waals surface area contributed by atoms with Crippen molar-refractivity contribution in [3.63, 3.8) is 0 Å². The Labute approximate surface area is 304 Å². The van der Waals surface area contributed by atoms with Gasteiger partial charge in [0.05, 0.1) is 41.0 Å². The lowest BCUT2D eigenvalue weighted by Gasteiger charge is -2.37. The molecule has 2 aromatic rings. The van der Waals surface area contributed by atoms with E-state index in [2.05, 4.69) is 26.7 Å². The summed E-state index contributed by atoms with van der Waals surface area (Å²) in [6, 6.07) is 24.0. The quantitative estimate of drug-likeness (QED) is 0.107. The third-order valence-corrected chi connectivity index (χ3v) is 8.33. The van der Waals surface area contributed by atoms with Gasteiger partial charge in [-0.2, -0.15) is 25.5 Å². The molecule has 0 spiro atoms. The summed E-state index contributed by atoms with van der Waals surface area (Å²) in [5.41, 5.74) is 4.83. The van der Waals surface area contributed by atoms with E-state index in [-0.39, 0.29) is 46.4 Å². The molecule has 1 aliphatic heterocycles. The number of piperazine rings is 1. The highest BCUT2D eigenvalue weighted by molar-refractivity contribution is 5.97. The number of nitrogens with zero attached hydrogens (tertiary/aromatic N) is 8. The monoisotopic (exact) mass is 681 g/mol. The molecule has 0 atom stereocenters. The van der Waals surface area contributed by atoms with Gasteiger partial charge >= 0.3 is 11.9 Å². The van der Waals surface area contributed by atoms with Crippen LogP contribution in [-0.2, 0) is 4.74 Å². The fraction of sp³-hybridized carbons (Fsp3) is 0.190. The van der Waals surface area contributed by atoms with Crippen LogP contribution in [0.4, 0.5) is 4.79 Å². The largest absolute Gasteiger partial charge is 0.762 e. The van der Waals surface area contributed by atoms with Crippen molar-refractivity contribution < 1.29 is 9.53 Å². The predicted octanol–water partition coefficient (Wildman–Crippen LogP) is 8.17. The zero-order valence-corrected chi connectivity index (χ0v) is 28.6.